The van der Waals surface area contributed by atoms with Crippen molar-refractivity contribution in [2.45, 2.75) is 26.7 Å². The van der Waals surface area contributed by atoms with Crippen LogP contribution in [0.5, 0.6) is 0 Å². The summed E-state index contributed by atoms with van der Waals surface area (Å²) in [4.78, 5) is 11.1. The lowest BCUT2D eigenvalue weighted by Crippen LogP contribution is -2.24. The first-order chi connectivity index (χ1) is 8.58. The summed E-state index contributed by atoms with van der Waals surface area (Å²) in [5, 5.41) is 3.08. The normalized spacial score (nSPS) is 10.8. The standard InChI is InChI=1S/C13H24N4O/c1-6-18-8-7-17(5)12-9-11(14-4)15-13(16-12)10(2)3/h9-10H,6-8H2,1-5H3,(H,14,15,16). The molecule has 1 heterocycles. The summed E-state index contributed by atoms with van der Waals surface area (Å²) in [6.07, 6.45) is 0. The summed E-state index contributed by atoms with van der Waals surface area (Å²) in [5.41, 5.74) is 0. The third-order valence-electron chi connectivity index (χ3n) is 2.67. The zero-order chi connectivity index (χ0) is 13.5. The second-order valence-electron chi connectivity index (χ2n) is 4.49. The molecule has 0 aliphatic rings. The van der Waals surface area contributed by atoms with Crippen molar-refractivity contribution in [2.24, 2.45) is 0 Å². The highest BCUT2D eigenvalue weighted by molar-refractivity contribution is 5.48. The highest BCUT2D eigenvalue weighted by atomic mass is 16.5. The van der Waals surface area contributed by atoms with E-state index in [0.29, 0.717) is 12.5 Å². The Hall–Kier alpha value is -1.36. The first-order valence-corrected chi connectivity index (χ1v) is 6.44. The van der Waals surface area contributed by atoms with Crippen LogP contribution in [0.1, 0.15) is 32.5 Å². The lowest BCUT2D eigenvalue weighted by Gasteiger charge is -2.20. The number of aromatic nitrogens is 2. The number of likely N-dealkylation sites (N-methyl/N-ethyl adjacent to an activating group) is 1. The van der Waals surface area contributed by atoms with E-state index in [1.807, 2.05) is 27.1 Å². The molecule has 0 spiro atoms. The van der Waals surface area contributed by atoms with Gasteiger partial charge in [0.25, 0.3) is 0 Å². The average Bonchev–Trinajstić information content (AvgIpc) is 2.38. The molecule has 18 heavy (non-hydrogen) atoms. The predicted molar refractivity (Wildman–Crippen MR) is 75.4 cm³/mol. The molecule has 0 radical (unpaired) electrons. The lowest BCUT2D eigenvalue weighted by atomic mass is 10.2. The third kappa shape index (κ3) is 4.14. The maximum Gasteiger partial charge on any atom is 0.135 e. The van der Waals surface area contributed by atoms with Gasteiger partial charge in [-0.3, -0.25) is 0 Å². The largest absolute Gasteiger partial charge is 0.380 e. The van der Waals surface area contributed by atoms with Crippen molar-refractivity contribution in [2.75, 3.05) is 44.1 Å². The fourth-order valence-electron chi connectivity index (χ4n) is 1.49. The molecule has 0 aliphatic heterocycles. The average molecular weight is 252 g/mol. The Morgan fingerprint density at radius 2 is 2.11 bits per heavy atom. The Morgan fingerprint density at radius 1 is 1.39 bits per heavy atom. The zero-order valence-electron chi connectivity index (χ0n) is 12.0. The Labute approximate surface area is 110 Å². The van der Waals surface area contributed by atoms with Crippen LogP contribution in [0.15, 0.2) is 6.07 Å². The van der Waals surface area contributed by atoms with Gasteiger partial charge in [-0.2, -0.15) is 0 Å². The number of ether oxygens (including phenoxy) is 1. The van der Waals surface area contributed by atoms with E-state index in [-0.39, 0.29) is 0 Å². The molecule has 0 saturated heterocycles. The summed E-state index contributed by atoms with van der Waals surface area (Å²) in [7, 11) is 3.89. The maximum atomic E-state index is 5.36. The lowest BCUT2D eigenvalue weighted by molar-refractivity contribution is 0.154. The van der Waals surface area contributed by atoms with Crippen molar-refractivity contribution in [3.63, 3.8) is 0 Å². The molecule has 0 amide bonds. The molecular weight excluding hydrogens is 228 g/mol. The van der Waals surface area contributed by atoms with E-state index in [1.165, 1.54) is 0 Å². The Bertz CT molecular complexity index is 368. The van der Waals surface area contributed by atoms with Gasteiger partial charge in [0.05, 0.1) is 6.61 Å². The van der Waals surface area contributed by atoms with Crippen LogP contribution in [0.25, 0.3) is 0 Å². The predicted octanol–water partition coefficient (Wildman–Crippen LogP) is 2.11. The fraction of sp³-hybridized carbons (Fsp3) is 0.692. The monoisotopic (exact) mass is 252 g/mol. The molecule has 1 aromatic heterocycles. The van der Waals surface area contributed by atoms with Gasteiger partial charge in [-0.25, -0.2) is 9.97 Å². The molecule has 1 aromatic rings. The second kappa shape index (κ2) is 7.16. The second-order valence-corrected chi connectivity index (χ2v) is 4.49. The molecule has 102 valence electrons. The van der Waals surface area contributed by atoms with Crippen LogP contribution < -0.4 is 10.2 Å². The van der Waals surface area contributed by atoms with Gasteiger partial charge in [0.2, 0.25) is 0 Å². The van der Waals surface area contributed by atoms with E-state index in [4.69, 9.17) is 4.74 Å². The molecule has 1 N–H and O–H groups in total. The van der Waals surface area contributed by atoms with Crippen LogP contribution >= 0.6 is 0 Å². The Morgan fingerprint density at radius 3 is 2.67 bits per heavy atom. The van der Waals surface area contributed by atoms with E-state index in [9.17, 15) is 0 Å². The minimum Gasteiger partial charge on any atom is -0.380 e. The van der Waals surface area contributed by atoms with Gasteiger partial charge in [0, 0.05) is 39.2 Å². The number of hydrogen-bond acceptors (Lipinski definition) is 5. The molecule has 0 bridgehead atoms. The highest BCUT2D eigenvalue weighted by Gasteiger charge is 2.10. The van der Waals surface area contributed by atoms with Crippen molar-refractivity contribution in [3.05, 3.63) is 11.9 Å². The van der Waals surface area contributed by atoms with Crippen molar-refractivity contribution in [3.8, 4) is 0 Å². The Balaban J connectivity index is 2.82. The van der Waals surface area contributed by atoms with Gasteiger partial charge >= 0.3 is 0 Å². The number of rotatable bonds is 7. The van der Waals surface area contributed by atoms with E-state index in [0.717, 1.165) is 30.6 Å². The molecular formula is C13H24N4O. The van der Waals surface area contributed by atoms with E-state index < -0.39 is 0 Å². The first-order valence-electron chi connectivity index (χ1n) is 6.44. The number of nitrogens with one attached hydrogen (secondary N) is 1. The molecule has 1 rings (SSSR count). The quantitative estimate of drug-likeness (QED) is 0.753. The van der Waals surface area contributed by atoms with Crippen LogP contribution in [0.4, 0.5) is 11.6 Å². The zero-order valence-corrected chi connectivity index (χ0v) is 12.0. The van der Waals surface area contributed by atoms with E-state index in [2.05, 4.69) is 34.0 Å². The minimum absolute atomic E-state index is 0.317. The topological polar surface area (TPSA) is 50.3 Å². The highest BCUT2D eigenvalue weighted by Crippen LogP contribution is 2.18. The van der Waals surface area contributed by atoms with Gasteiger partial charge in [-0.15, -0.1) is 0 Å². The molecule has 0 unspecified atom stereocenters. The molecule has 5 nitrogen and oxygen atoms in total. The van der Waals surface area contributed by atoms with Crippen LogP contribution in [0.2, 0.25) is 0 Å². The number of anilines is 2. The smallest absolute Gasteiger partial charge is 0.135 e. The van der Waals surface area contributed by atoms with Gasteiger partial charge in [-0.05, 0) is 6.92 Å². The first kappa shape index (κ1) is 14.7. The Kier molecular flexibility index (Phi) is 5.85. The van der Waals surface area contributed by atoms with E-state index in [1.54, 1.807) is 0 Å². The summed E-state index contributed by atoms with van der Waals surface area (Å²) in [5.74, 6) is 2.96. The van der Waals surface area contributed by atoms with Crippen LogP contribution in [-0.2, 0) is 4.74 Å². The summed E-state index contributed by atoms with van der Waals surface area (Å²) < 4.78 is 5.36. The third-order valence-corrected chi connectivity index (χ3v) is 2.67. The summed E-state index contributed by atoms with van der Waals surface area (Å²) in [6, 6.07) is 1.96. The summed E-state index contributed by atoms with van der Waals surface area (Å²) >= 11 is 0. The van der Waals surface area contributed by atoms with Gasteiger partial charge in [0.1, 0.15) is 17.5 Å². The van der Waals surface area contributed by atoms with Crippen molar-refractivity contribution in [1.82, 2.24) is 9.97 Å². The minimum atomic E-state index is 0.317. The summed E-state index contributed by atoms with van der Waals surface area (Å²) in [6.45, 7) is 8.48. The van der Waals surface area contributed by atoms with Crippen LogP contribution in [0.3, 0.4) is 0 Å². The van der Waals surface area contributed by atoms with Gasteiger partial charge in [0.15, 0.2) is 0 Å². The van der Waals surface area contributed by atoms with Gasteiger partial charge in [-0.1, -0.05) is 13.8 Å². The fourth-order valence-corrected chi connectivity index (χ4v) is 1.49. The van der Waals surface area contributed by atoms with Crippen molar-refractivity contribution in [1.29, 1.82) is 0 Å². The van der Waals surface area contributed by atoms with Crippen LogP contribution in [-0.4, -0.2) is 43.8 Å². The van der Waals surface area contributed by atoms with Gasteiger partial charge < -0.3 is 15.0 Å². The molecule has 0 atom stereocenters. The molecule has 0 fully saturated rings. The molecule has 0 aromatic carbocycles. The molecule has 0 saturated carbocycles. The maximum absolute atomic E-state index is 5.36. The number of hydrogen-bond donors (Lipinski definition) is 1. The number of nitrogens with zero attached hydrogens (tertiary/aromatic N) is 3. The molecule has 0 aliphatic carbocycles. The van der Waals surface area contributed by atoms with Crippen LogP contribution in [0, 0.1) is 0 Å². The van der Waals surface area contributed by atoms with E-state index >= 15 is 0 Å². The SMILES string of the molecule is CCOCCN(C)c1cc(NC)nc(C(C)C)n1. The molecule has 5 heteroatoms. The van der Waals surface area contributed by atoms with Crippen molar-refractivity contribution < 1.29 is 4.74 Å². The van der Waals surface area contributed by atoms with Crippen molar-refractivity contribution >= 4 is 11.6 Å².